The van der Waals surface area contributed by atoms with E-state index < -0.39 is 53.9 Å². The van der Waals surface area contributed by atoms with Crippen molar-refractivity contribution in [3.8, 4) is 11.5 Å². The van der Waals surface area contributed by atoms with Crippen LogP contribution in [0.1, 0.15) is 31.2 Å². The number of amides is 4. The first kappa shape index (κ1) is 29.0. The number of para-hydroxylation sites is 1. The number of hydrogen-bond acceptors (Lipinski definition) is 8. The molecule has 0 radical (unpaired) electrons. The van der Waals surface area contributed by atoms with Crippen molar-refractivity contribution >= 4 is 47.6 Å². The monoisotopic (exact) mass is 606 g/mol. The number of rotatable bonds is 5. The van der Waals surface area contributed by atoms with Crippen LogP contribution in [0.5, 0.6) is 11.5 Å². The quantitative estimate of drug-likeness (QED) is 0.228. The average Bonchev–Trinajstić information content (AvgIpc) is 3.41. The number of methoxy groups -OCH3 is 1. The third-order valence-electron chi connectivity index (χ3n) is 10.3. The van der Waals surface area contributed by atoms with Gasteiger partial charge in [-0.1, -0.05) is 48.0 Å². The molecule has 4 amide bonds. The van der Waals surface area contributed by atoms with Crippen LogP contribution in [0.15, 0.2) is 84.4 Å². The number of hydrogen-bond donors (Lipinski definition) is 3. The normalized spacial score (nSPS) is 28.9. The number of carbonyl (C=O) groups is 4. The summed E-state index contributed by atoms with van der Waals surface area (Å²) in [6.45, 7) is 1.76. The van der Waals surface area contributed by atoms with E-state index >= 15 is 0 Å². The summed E-state index contributed by atoms with van der Waals surface area (Å²) >= 11 is 0. The Morgan fingerprint density at radius 3 is 2.27 bits per heavy atom. The van der Waals surface area contributed by atoms with Gasteiger partial charge in [-0.25, -0.2) is 4.90 Å². The zero-order valence-electron chi connectivity index (χ0n) is 24.7. The Hall–Kier alpha value is -4.74. The maximum absolute atomic E-state index is 14.4. The zero-order chi connectivity index (χ0) is 31.8. The van der Waals surface area contributed by atoms with Crippen molar-refractivity contribution in [2.75, 3.05) is 16.9 Å². The number of carbonyl (C=O) groups excluding carboxylic acids is 4. The van der Waals surface area contributed by atoms with Crippen molar-refractivity contribution in [3.05, 3.63) is 90.0 Å². The van der Waals surface area contributed by atoms with Gasteiger partial charge in [-0.15, -0.1) is 0 Å². The molecule has 0 spiro atoms. The molecule has 3 aromatic carbocycles. The number of benzene rings is 3. The van der Waals surface area contributed by atoms with Crippen LogP contribution in [-0.2, 0) is 19.2 Å². The van der Waals surface area contributed by atoms with Gasteiger partial charge in [-0.2, -0.15) is 0 Å². The molecule has 2 heterocycles. The molecule has 3 fully saturated rings. The molecule has 11 heteroatoms. The van der Waals surface area contributed by atoms with Crippen molar-refractivity contribution in [1.82, 2.24) is 0 Å². The van der Waals surface area contributed by atoms with Crippen LogP contribution >= 0.6 is 0 Å². The SMILES string of the molecule is COc1ccc(C2C3=CCC4C(=O)N(c5cccc(B(O)O)c5)C(=O)C4C3CC3C(=O)N(c4ccccc4)C(=O)C32C)c(O)c1. The molecule has 10 nitrogen and oxygen atoms in total. The zero-order valence-corrected chi connectivity index (χ0v) is 24.7. The summed E-state index contributed by atoms with van der Waals surface area (Å²) in [5.41, 5.74) is 0.715. The Balaban J connectivity index is 1.36. The number of phenolic OH excluding ortho intramolecular Hbond substituents is 1. The highest BCUT2D eigenvalue weighted by Gasteiger charge is 2.68. The number of allylic oxidation sites excluding steroid dienone is 2. The van der Waals surface area contributed by atoms with E-state index in [1.165, 1.54) is 30.2 Å². The van der Waals surface area contributed by atoms with Crippen LogP contribution in [0, 0.1) is 29.1 Å². The smallest absolute Gasteiger partial charge is 0.488 e. The molecule has 3 aromatic rings. The minimum Gasteiger partial charge on any atom is -0.508 e. The second-order valence-corrected chi connectivity index (χ2v) is 12.4. The minimum absolute atomic E-state index is 0.101. The van der Waals surface area contributed by atoms with Crippen molar-refractivity contribution in [2.24, 2.45) is 29.1 Å². The largest absolute Gasteiger partial charge is 0.508 e. The Bertz CT molecular complexity index is 1790. The number of anilines is 2. The van der Waals surface area contributed by atoms with Crippen molar-refractivity contribution in [2.45, 2.75) is 25.7 Å². The maximum atomic E-state index is 14.4. The second kappa shape index (κ2) is 10.4. The fraction of sp³-hybridized carbons (Fsp3) is 0.294. The van der Waals surface area contributed by atoms with E-state index in [1.54, 1.807) is 61.5 Å². The molecule has 7 rings (SSSR count). The maximum Gasteiger partial charge on any atom is 0.488 e. The Morgan fingerprint density at radius 1 is 0.844 bits per heavy atom. The van der Waals surface area contributed by atoms with E-state index in [0.29, 0.717) is 17.0 Å². The molecule has 3 N–H and O–H groups in total. The van der Waals surface area contributed by atoms with Gasteiger partial charge in [-0.3, -0.25) is 24.1 Å². The first-order valence-corrected chi connectivity index (χ1v) is 14.9. The van der Waals surface area contributed by atoms with Gasteiger partial charge in [-0.05, 0) is 61.5 Å². The molecule has 6 unspecified atom stereocenters. The lowest BCUT2D eigenvalue weighted by atomic mass is 9.51. The van der Waals surface area contributed by atoms with Gasteiger partial charge in [0.05, 0.1) is 41.7 Å². The van der Waals surface area contributed by atoms with Gasteiger partial charge in [0.25, 0.3) is 0 Å². The van der Waals surface area contributed by atoms with Crippen LogP contribution < -0.4 is 20.0 Å². The van der Waals surface area contributed by atoms with Gasteiger partial charge in [0.2, 0.25) is 23.6 Å². The van der Waals surface area contributed by atoms with Gasteiger partial charge in [0.15, 0.2) is 0 Å². The van der Waals surface area contributed by atoms with E-state index in [1.807, 2.05) is 6.08 Å². The number of nitrogens with zero attached hydrogens (tertiary/aromatic N) is 2. The van der Waals surface area contributed by atoms with Crippen LogP contribution in [0.4, 0.5) is 11.4 Å². The van der Waals surface area contributed by atoms with E-state index in [4.69, 9.17) is 4.74 Å². The molecular weight excluding hydrogens is 575 g/mol. The number of phenols is 1. The molecule has 2 aliphatic heterocycles. The summed E-state index contributed by atoms with van der Waals surface area (Å²) in [5.74, 6) is -4.95. The third kappa shape index (κ3) is 4.10. The second-order valence-electron chi connectivity index (χ2n) is 12.4. The van der Waals surface area contributed by atoms with Crippen LogP contribution in [0.25, 0.3) is 0 Å². The molecule has 2 saturated heterocycles. The molecule has 6 atom stereocenters. The highest BCUT2D eigenvalue weighted by Crippen LogP contribution is 2.64. The molecule has 45 heavy (non-hydrogen) atoms. The van der Waals surface area contributed by atoms with E-state index in [2.05, 4.69) is 0 Å². The van der Waals surface area contributed by atoms with Gasteiger partial charge in [0.1, 0.15) is 11.5 Å². The first-order chi connectivity index (χ1) is 21.6. The van der Waals surface area contributed by atoms with Crippen LogP contribution in [0.3, 0.4) is 0 Å². The molecule has 4 aliphatic rings. The summed E-state index contributed by atoms with van der Waals surface area (Å²) in [4.78, 5) is 59.0. The lowest BCUT2D eigenvalue weighted by molar-refractivity contribution is -0.131. The number of imide groups is 2. The van der Waals surface area contributed by atoms with Gasteiger partial charge >= 0.3 is 7.12 Å². The number of aromatic hydroxyl groups is 1. The Morgan fingerprint density at radius 2 is 1.58 bits per heavy atom. The summed E-state index contributed by atoms with van der Waals surface area (Å²) in [6, 6.07) is 19.6. The molecule has 228 valence electrons. The molecule has 2 aliphatic carbocycles. The lowest BCUT2D eigenvalue weighted by Gasteiger charge is -2.49. The predicted molar refractivity (Wildman–Crippen MR) is 164 cm³/mol. The van der Waals surface area contributed by atoms with Crippen LogP contribution in [0.2, 0.25) is 0 Å². The minimum atomic E-state index is -1.78. The number of fused-ring (bicyclic) bond motifs is 4. The molecule has 0 bridgehead atoms. The summed E-state index contributed by atoms with van der Waals surface area (Å²) in [7, 11) is -0.296. The fourth-order valence-corrected chi connectivity index (χ4v) is 8.16. The van der Waals surface area contributed by atoms with Crippen molar-refractivity contribution in [3.63, 3.8) is 0 Å². The van der Waals surface area contributed by atoms with Gasteiger partial charge in [0, 0.05) is 17.5 Å². The predicted octanol–water partition coefficient (Wildman–Crippen LogP) is 2.52. The van der Waals surface area contributed by atoms with Crippen molar-refractivity contribution < 1.29 is 39.1 Å². The Kier molecular flexibility index (Phi) is 6.72. The standard InChI is InChI=1S/C34H31BN2O8/c1-34-26(31(40)37(33(34)42)19-8-4-3-5-9-19)17-25-22(29(34)23-12-11-21(45-2)16-27(23)38)13-14-24-28(25)32(41)36(30(24)39)20-10-6-7-18(15-20)35(43)44/h3-13,15-16,24-26,28-29,38,43-44H,14,17H2,1-2H3. The summed E-state index contributed by atoms with van der Waals surface area (Å²) < 4.78 is 5.31. The summed E-state index contributed by atoms with van der Waals surface area (Å²) in [6.07, 6.45) is 2.32. The highest BCUT2D eigenvalue weighted by molar-refractivity contribution is 6.58. The van der Waals surface area contributed by atoms with Gasteiger partial charge < -0.3 is 19.9 Å². The number of ether oxygens (including phenoxy) is 1. The Labute approximate surface area is 259 Å². The lowest BCUT2D eigenvalue weighted by Crippen LogP contribution is -2.48. The molecule has 1 saturated carbocycles. The first-order valence-electron chi connectivity index (χ1n) is 14.9. The topological polar surface area (TPSA) is 145 Å². The molecular formula is C34H31BN2O8. The fourth-order valence-electron chi connectivity index (χ4n) is 8.16. The van der Waals surface area contributed by atoms with Crippen molar-refractivity contribution in [1.29, 1.82) is 0 Å². The van der Waals surface area contributed by atoms with E-state index in [-0.39, 0.29) is 41.6 Å². The highest BCUT2D eigenvalue weighted by atomic mass is 16.5. The van der Waals surface area contributed by atoms with E-state index in [9.17, 15) is 34.3 Å². The average molecular weight is 606 g/mol. The molecule has 0 aromatic heterocycles. The third-order valence-corrected chi connectivity index (χ3v) is 10.3. The van der Waals surface area contributed by atoms with Crippen LogP contribution in [-0.4, -0.2) is 53.0 Å². The summed E-state index contributed by atoms with van der Waals surface area (Å²) in [5, 5.41) is 30.7. The van der Waals surface area contributed by atoms with E-state index in [0.717, 1.165) is 10.5 Å².